The normalized spacial score (nSPS) is 19.0. The van der Waals surface area contributed by atoms with Gasteiger partial charge in [-0.15, -0.1) is 0 Å². The van der Waals surface area contributed by atoms with Crippen LogP contribution in [0.15, 0.2) is 24.3 Å². The second kappa shape index (κ2) is 7.41. The smallest absolute Gasteiger partial charge is 0.132 e. The highest BCUT2D eigenvalue weighted by atomic mass is 35.5. The summed E-state index contributed by atoms with van der Waals surface area (Å²) < 4.78 is 5.89. The molecule has 1 saturated heterocycles. The van der Waals surface area contributed by atoms with E-state index in [1.807, 2.05) is 25.1 Å². The summed E-state index contributed by atoms with van der Waals surface area (Å²) in [6.45, 7) is 6.44. The van der Waals surface area contributed by atoms with Crippen molar-refractivity contribution in [3.8, 4) is 5.75 Å². The van der Waals surface area contributed by atoms with Crippen molar-refractivity contribution in [2.24, 2.45) is 0 Å². The highest BCUT2D eigenvalue weighted by molar-refractivity contribution is 6.30. The highest BCUT2D eigenvalue weighted by Crippen LogP contribution is 2.31. The summed E-state index contributed by atoms with van der Waals surface area (Å²) in [6, 6.07) is 8.00. The van der Waals surface area contributed by atoms with Gasteiger partial charge in [0.25, 0.3) is 0 Å². The van der Waals surface area contributed by atoms with E-state index in [1.165, 1.54) is 5.69 Å². The summed E-state index contributed by atoms with van der Waals surface area (Å²) in [7, 11) is 2.19. The Balaban J connectivity index is 1.61. The topological polar surface area (TPSA) is 41.5 Å². The van der Waals surface area contributed by atoms with Crippen molar-refractivity contribution in [3.05, 3.63) is 46.4 Å². The van der Waals surface area contributed by atoms with Crippen LogP contribution < -0.4 is 9.64 Å². The van der Waals surface area contributed by atoms with Crippen molar-refractivity contribution in [1.82, 2.24) is 14.9 Å². The van der Waals surface area contributed by atoms with Gasteiger partial charge in [-0.3, -0.25) is 0 Å². The van der Waals surface area contributed by atoms with E-state index < -0.39 is 0 Å². The molecule has 0 aliphatic carbocycles. The number of aryl methyl sites for hydroxylation is 1. The van der Waals surface area contributed by atoms with Crippen molar-refractivity contribution in [1.29, 1.82) is 0 Å². The van der Waals surface area contributed by atoms with Crippen LogP contribution in [-0.2, 0) is 6.54 Å². The molecule has 5 nitrogen and oxygen atoms in total. The number of fused-ring (bicyclic) bond motifs is 1. The number of nitrogens with zero attached hydrogens (tertiary/aromatic N) is 4. The Morgan fingerprint density at radius 3 is 2.73 bits per heavy atom. The first kappa shape index (κ1) is 17.6. The molecule has 1 aromatic heterocycles. The maximum Gasteiger partial charge on any atom is 0.132 e. The highest BCUT2D eigenvalue weighted by Gasteiger charge is 2.23. The molecule has 0 N–H and O–H groups in total. The lowest BCUT2D eigenvalue weighted by molar-refractivity contribution is 0.253. The van der Waals surface area contributed by atoms with Gasteiger partial charge in [-0.05, 0) is 58.1 Å². The number of halogens is 1. The van der Waals surface area contributed by atoms with E-state index in [9.17, 15) is 0 Å². The third-order valence-corrected chi connectivity index (χ3v) is 5.54. The Kier molecular flexibility index (Phi) is 5.00. The van der Waals surface area contributed by atoms with Crippen LogP contribution in [0.1, 0.15) is 35.8 Å². The number of hydrogen-bond acceptors (Lipinski definition) is 5. The Morgan fingerprint density at radius 1 is 1.12 bits per heavy atom. The average molecular weight is 373 g/mol. The minimum Gasteiger partial charge on any atom is -0.491 e. The maximum absolute atomic E-state index is 6.18. The van der Waals surface area contributed by atoms with Crippen molar-refractivity contribution < 1.29 is 4.74 Å². The Hall–Kier alpha value is -1.85. The van der Waals surface area contributed by atoms with Crippen molar-refractivity contribution in [2.75, 3.05) is 38.2 Å². The van der Waals surface area contributed by atoms with Crippen molar-refractivity contribution in [3.63, 3.8) is 0 Å². The standard InChI is InChI=1S/C20H25ClN4O/c1-14-22-18(15-5-7-24(2)8-6-15)12-20(23-14)25-9-10-26-19-4-3-17(21)11-16(19)13-25/h3-4,11-12,15H,5-10,13H2,1-2H3. The molecule has 0 bridgehead atoms. The van der Waals surface area contributed by atoms with Gasteiger partial charge in [0.05, 0.1) is 6.54 Å². The molecule has 2 aromatic rings. The number of anilines is 1. The van der Waals surface area contributed by atoms with Crippen LogP contribution in [-0.4, -0.2) is 48.2 Å². The zero-order chi connectivity index (χ0) is 18.1. The van der Waals surface area contributed by atoms with Crippen LogP contribution in [0.25, 0.3) is 0 Å². The van der Waals surface area contributed by atoms with Crippen molar-refractivity contribution in [2.45, 2.75) is 32.2 Å². The molecule has 4 rings (SSSR count). The molecule has 0 unspecified atom stereocenters. The average Bonchev–Trinajstić information content (AvgIpc) is 2.83. The monoisotopic (exact) mass is 372 g/mol. The van der Waals surface area contributed by atoms with Gasteiger partial charge < -0.3 is 14.5 Å². The molecule has 138 valence electrons. The molecule has 6 heteroatoms. The summed E-state index contributed by atoms with van der Waals surface area (Å²) in [5, 5.41) is 0.736. The molecule has 0 spiro atoms. The van der Waals surface area contributed by atoms with Gasteiger partial charge in [-0.1, -0.05) is 11.6 Å². The van der Waals surface area contributed by atoms with E-state index in [-0.39, 0.29) is 0 Å². The predicted molar refractivity (Wildman–Crippen MR) is 104 cm³/mol. The van der Waals surface area contributed by atoms with E-state index in [0.29, 0.717) is 12.5 Å². The van der Waals surface area contributed by atoms with Gasteiger partial charge >= 0.3 is 0 Å². The number of benzene rings is 1. The quantitative estimate of drug-likeness (QED) is 0.804. The molecular weight excluding hydrogens is 348 g/mol. The molecule has 0 amide bonds. The molecular formula is C20H25ClN4O. The number of aromatic nitrogens is 2. The molecule has 1 fully saturated rings. The van der Waals surface area contributed by atoms with E-state index in [4.69, 9.17) is 26.3 Å². The van der Waals surface area contributed by atoms with Gasteiger partial charge in [0.1, 0.15) is 24.0 Å². The fourth-order valence-electron chi connectivity index (χ4n) is 3.81. The second-order valence-electron chi connectivity index (χ2n) is 7.30. The molecule has 2 aliphatic rings. The number of likely N-dealkylation sites (tertiary alicyclic amines) is 1. The van der Waals surface area contributed by atoms with Gasteiger partial charge in [0.2, 0.25) is 0 Å². The molecule has 1 aromatic carbocycles. The number of rotatable bonds is 2. The lowest BCUT2D eigenvalue weighted by Gasteiger charge is -2.29. The first-order chi connectivity index (χ1) is 12.6. The van der Waals surface area contributed by atoms with Crippen molar-refractivity contribution >= 4 is 17.4 Å². The Labute approximate surface area is 160 Å². The number of hydrogen-bond donors (Lipinski definition) is 0. The van der Waals surface area contributed by atoms with Crippen LogP contribution in [0.3, 0.4) is 0 Å². The molecule has 2 aliphatic heterocycles. The Bertz CT molecular complexity index is 789. The van der Waals surface area contributed by atoms with Gasteiger partial charge in [0, 0.05) is 34.8 Å². The van der Waals surface area contributed by atoms with E-state index in [1.54, 1.807) is 0 Å². The molecule has 0 atom stereocenters. The zero-order valence-corrected chi connectivity index (χ0v) is 16.2. The molecule has 0 saturated carbocycles. The molecule has 0 radical (unpaired) electrons. The summed E-state index contributed by atoms with van der Waals surface area (Å²) in [5.41, 5.74) is 2.28. The van der Waals surface area contributed by atoms with E-state index >= 15 is 0 Å². The third-order valence-electron chi connectivity index (χ3n) is 5.31. The second-order valence-corrected chi connectivity index (χ2v) is 7.73. The number of ether oxygens (including phenoxy) is 1. The largest absolute Gasteiger partial charge is 0.491 e. The minimum absolute atomic E-state index is 0.525. The lowest BCUT2D eigenvalue weighted by atomic mass is 9.93. The maximum atomic E-state index is 6.18. The van der Waals surface area contributed by atoms with Gasteiger partial charge in [-0.25, -0.2) is 9.97 Å². The van der Waals surface area contributed by atoms with Crippen LogP contribution >= 0.6 is 11.6 Å². The van der Waals surface area contributed by atoms with Gasteiger partial charge in [-0.2, -0.15) is 0 Å². The van der Waals surface area contributed by atoms with Crippen LogP contribution in [0.2, 0.25) is 5.02 Å². The van der Waals surface area contributed by atoms with Crippen LogP contribution in [0.5, 0.6) is 5.75 Å². The SMILES string of the molecule is Cc1nc(C2CCN(C)CC2)cc(N2CCOc3ccc(Cl)cc3C2)n1. The molecule has 26 heavy (non-hydrogen) atoms. The lowest BCUT2D eigenvalue weighted by Crippen LogP contribution is -2.30. The third kappa shape index (κ3) is 3.79. The summed E-state index contributed by atoms with van der Waals surface area (Å²) >= 11 is 6.18. The first-order valence-electron chi connectivity index (χ1n) is 9.29. The summed E-state index contributed by atoms with van der Waals surface area (Å²) in [6.07, 6.45) is 2.32. The van der Waals surface area contributed by atoms with E-state index in [2.05, 4.69) is 22.9 Å². The van der Waals surface area contributed by atoms with Crippen LogP contribution in [0.4, 0.5) is 5.82 Å². The summed E-state index contributed by atoms with van der Waals surface area (Å²) in [4.78, 5) is 14.1. The predicted octanol–water partition coefficient (Wildman–Crippen LogP) is 3.65. The number of piperidine rings is 1. The van der Waals surface area contributed by atoms with Gasteiger partial charge in [0.15, 0.2) is 0 Å². The van der Waals surface area contributed by atoms with E-state index in [0.717, 1.165) is 67.0 Å². The molecule has 3 heterocycles. The Morgan fingerprint density at radius 2 is 1.92 bits per heavy atom. The zero-order valence-electron chi connectivity index (χ0n) is 15.4. The fourth-order valence-corrected chi connectivity index (χ4v) is 4.00. The minimum atomic E-state index is 0.525. The van der Waals surface area contributed by atoms with Crippen LogP contribution in [0, 0.1) is 6.92 Å². The fraction of sp³-hybridized carbons (Fsp3) is 0.500. The summed E-state index contributed by atoms with van der Waals surface area (Å²) in [5.74, 6) is 3.27. The first-order valence-corrected chi connectivity index (χ1v) is 9.66.